The minimum absolute atomic E-state index is 0. The van der Waals surface area contributed by atoms with Crippen LogP contribution in [0, 0.1) is 6.92 Å². The number of hydrogen-bond donors (Lipinski definition) is 2. The van der Waals surface area contributed by atoms with Gasteiger partial charge in [-0.25, -0.2) is 15.4 Å². The van der Waals surface area contributed by atoms with Crippen molar-refractivity contribution in [1.29, 1.82) is 0 Å². The lowest BCUT2D eigenvalue weighted by Gasteiger charge is -2.11. The number of aryl methyl sites for hydroxylation is 1. The monoisotopic (exact) mass is 504 g/mol. The Morgan fingerprint density at radius 2 is 1.69 bits per heavy atom. The third-order valence-corrected chi connectivity index (χ3v) is 5.19. The molecule has 4 aromatic rings. The second-order valence-corrected chi connectivity index (χ2v) is 7.75. The van der Waals surface area contributed by atoms with Crippen LogP contribution in [0.2, 0.25) is 0 Å². The van der Waals surface area contributed by atoms with Crippen LogP contribution in [0.4, 0.5) is 5.69 Å². The van der Waals surface area contributed by atoms with E-state index < -0.39 is 5.91 Å². The summed E-state index contributed by atoms with van der Waals surface area (Å²) in [7, 11) is 1.55. The second kappa shape index (κ2) is 12.4. The summed E-state index contributed by atoms with van der Waals surface area (Å²) in [5.41, 5.74) is 5.87. The number of fused-ring (bicyclic) bond motifs is 1. The number of hydrazone groups is 1. The van der Waals surface area contributed by atoms with E-state index in [2.05, 4.69) is 25.8 Å². The molecule has 0 unspecified atom stereocenters. The van der Waals surface area contributed by atoms with Crippen molar-refractivity contribution in [2.45, 2.75) is 19.9 Å². The Balaban J connectivity index is 0.00000361. The van der Waals surface area contributed by atoms with Gasteiger partial charge in [-0.2, -0.15) is 9.67 Å². The lowest BCUT2D eigenvalue weighted by molar-refractivity contribution is -0.684. The highest BCUT2D eigenvalue weighted by atomic mass is 35.5. The van der Waals surface area contributed by atoms with Crippen molar-refractivity contribution in [3.8, 4) is 5.75 Å². The second-order valence-electron chi connectivity index (χ2n) is 7.75. The molecule has 0 saturated carbocycles. The molecule has 2 amide bonds. The molecule has 4 rings (SSSR count). The number of anilines is 1. The Morgan fingerprint density at radius 3 is 2.42 bits per heavy atom. The number of rotatable bonds is 8. The predicted molar refractivity (Wildman–Crippen MR) is 132 cm³/mol. The fraction of sp³-hybridized carbons (Fsp3) is 0.154. The van der Waals surface area contributed by atoms with E-state index >= 15 is 0 Å². The number of carbonyl (C=O) groups is 2. The number of halogens is 1. The molecule has 0 atom stereocenters. The van der Waals surface area contributed by atoms with E-state index in [9.17, 15) is 9.59 Å². The van der Waals surface area contributed by atoms with Crippen LogP contribution in [-0.2, 0) is 22.6 Å². The van der Waals surface area contributed by atoms with Crippen LogP contribution < -0.4 is 32.5 Å². The zero-order valence-electron chi connectivity index (χ0n) is 19.8. The lowest BCUT2D eigenvalue weighted by atomic mass is 10.1. The molecular formula is C26H25ClN6O3. The van der Waals surface area contributed by atoms with Crippen molar-refractivity contribution in [3.63, 3.8) is 0 Å². The normalized spacial score (nSPS) is 10.9. The molecule has 0 aliphatic carbocycles. The summed E-state index contributed by atoms with van der Waals surface area (Å²) in [5.74, 6) is -0.236. The smallest absolute Gasteiger partial charge is 0.305 e. The predicted octanol–water partition coefficient (Wildman–Crippen LogP) is -0.408. The van der Waals surface area contributed by atoms with Crippen LogP contribution in [0.5, 0.6) is 5.75 Å². The first kappa shape index (κ1) is 26.2. The van der Waals surface area contributed by atoms with Gasteiger partial charge in [-0.1, -0.05) is 24.3 Å². The summed E-state index contributed by atoms with van der Waals surface area (Å²) in [5, 5.41) is 6.98. The van der Waals surface area contributed by atoms with Gasteiger partial charge >= 0.3 is 5.91 Å². The number of para-hydroxylation sites is 2. The van der Waals surface area contributed by atoms with E-state index in [1.54, 1.807) is 48.3 Å². The minimum atomic E-state index is -0.472. The first-order valence-corrected chi connectivity index (χ1v) is 11.0. The molecular weight excluding hydrogens is 480 g/mol. The number of nitrogens with one attached hydrogen (secondary N) is 2. The standard InChI is InChI=1S/C26H24N6O3.ClH/c1-18-23(29-22-12-5-4-11-21(22)27-18)16-24(26(34)28-19-9-8-10-20(15-19)35-2)30-31-25(33)17-32-13-6-3-7-14-32;/h3-15H,16-17H2,1-2H3,(H-,28,31,33,34);1H. The first-order valence-electron chi connectivity index (χ1n) is 11.0. The molecule has 9 nitrogen and oxygen atoms in total. The zero-order chi connectivity index (χ0) is 24.6. The third kappa shape index (κ3) is 6.83. The number of ether oxygens (including phenoxy) is 1. The molecule has 10 heteroatoms. The van der Waals surface area contributed by atoms with Gasteiger partial charge in [0.25, 0.3) is 5.91 Å². The molecule has 2 N–H and O–H groups in total. The van der Waals surface area contributed by atoms with Crippen LogP contribution in [0.1, 0.15) is 11.4 Å². The average Bonchev–Trinajstić information content (AvgIpc) is 2.87. The van der Waals surface area contributed by atoms with Crippen molar-refractivity contribution in [1.82, 2.24) is 15.4 Å². The van der Waals surface area contributed by atoms with Gasteiger partial charge < -0.3 is 22.5 Å². The van der Waals surface area contributed by atoms with Gasteiger partial charge in [-0.15, -0.1) is 0 Å². The Hall–Kier alpha value is -4.37. The minimum Gasteiger partial charge on any atom is -1.00 e. The van der Waals surface area contributed by atoms with Gasteiger partial charge in [-0.3, -0.25) is 9.59 Å². The molecule has 0 aliphatic rings. The Labute approximate surface area is 214 Å². The van der Waals surface area contributed by atoms with Crippen molar-refractivity contribution in [2.75, 3.05) is 12.4 Å². The highest BCUT2D eigenvalue weighted by Crippen LogP contribution is 2.17. The summed E-state index contributed by atoms with van der Waals surface area (Å²) < 4.78 is 6.93. The molecule has 2 heterocycles. The number of benzene rings is 2. The molecule has 2 aromatic carbocycles. The van der Waals surface area contributed by atoms with E-state index in [4.69, 9.17) is 4.74 Å². The fourth-order valence-corrected chi connectivity index (χ4v) is 3.40. The van der Waals surface area contributed by atoms with Gasteiger partial charge in [0, 0.05) is 30.3 Å². The largest absolute Gasteiger partial charge is 1.00 e. The topological polar surface area (TPSA) is 109 Å². The molecule has 184 valence electrons. The quantitative estimate of drug-likeness (QED) is 0.193. The molecule has 0 aliphatic heterocycles. The van der Waals surface area contributed by atoms with Gasteiger partial charge in [0.1, 0.15) is 11.5 Å². The Bertz CT molecular complexity index is 1400. The van der Waals surface area contributed by atoms with E-state index in [1.165, 1.54) is 0 Å². The molecule has 0 saturated heterocycles. The number of pyridine rings is 1. The highest BCUT2D eigenvalue weighted by Gasteiger charge is 2.18. The number of amides is 2. The first-order chi connectivity index (χ1) is 17.0. The van der Waals surface area contributed by atoms with Crippen molar-refractivity contribution < 1.29 is 31.3 Å². The Kier molecular flexibility index (Phi) is 9.01. The van der Waals surface area contributed by atoms with E-state index in [1.807, 2.05) is 49.4 Å². The van der Waals surface area contributed by atoms with Gasteiger partial charge in [0.2, 0.25) is 6.54 Å². The van der Waals surface area contributed by atoms with E-state index in [0.717, 1.165) is 5.52 Å². The molecule has 0 radical (unpaired) electrons. The van der Waals surface area contributed by atoms with E-state index in [-0.39, 0.29) is 37.0 Å². The number of hydrogen-bond acceptors (Lipinski definition) is 6. The number of nitrogens with zero attached hydrogens (tertiary/aromatic N) is 4. The van der Waals surface area contributed by atoms with Crippen molar-refractivity contribution >= 4 is 34.2 Å². The van der Waals surface area contributed by atoms with Crippen LogP contribution in [0.25, 0.3) is 11.0 Å². The van der Waals surface area contributed by atoms with Crippen LogP contribution in [0.15, 0.2) is 84.2 Å². The zero-order valence-corrected chi connectivity index (χ0v) is 20.6. The number of aromatic nitrogens is 3. The number of methoxy groups -OCH3 is 1. The van der Waals surface area contributed by atoms with Crippen LogP contribution >= 0.6 is 0 Å². The maximum atomic E-state index is 13.2. The van der Waals surface area contributed by atoms with Crippen molar-refractivity contribution in [3.05, 3.63) is 90.5 Å². The molecule has 36 heavy (non-hydrogen) atoms. The molecule has 0 bridgehead atoms. The SMILES string of the molecule is COc1cccc(NC(=O)/C(Cc2nc3ccccc3nc2C)=N/NC(=O)C[n+]2ccccc2)c1.[Cl-]. The summed E-state index contributed by atoms with van der Waals surface area (Å²) in [4.78, 5) is 34.9. The summed E-state index contributed by atoms with van der Waals surface area (Å²) >= 11 is 0. The fourth-order valence-electron chi connectivity index (χ4n) is 3.40. The molecule has 2 aromatic heterocycles. The molecule has 0 spiro atoms. The third-order valence-electron chi connectivity index (χ3n) is 5.19. The van der Waals surface area contributed by atoms with Gasteiger partial charge in [-0.05, 0) is 31.2 Å². The van der Waals surface area contributed by atoms with Crippen LogP contribution in [-0.4, -0.2) is 34.6 Å². The summed E-state index contributed by atoms with van der Waals surface area (Å²) in [6, 6.07) is 20.0. The van der Waals surface area contributed by atoms with Crippen molar-refractivity contribution in [2.24, 2.45) is 5.10 Å². The van der Waals surface area contributed by atoms with Crippen LogP contribution in [0.3, 0.4) is 0 Å². The van der Waals surface area contributed by atoms with Gasteiger partial charge in [0.15, 0.2) is 12.4 Å². The summed E-state index contributed by atoms with van der Waals surface area (Å²) in [6.45, 7) is 1.89. The average molecular weight is 505 g/mol. The lowest BCUT2D eigenvalue weighted by Crippen LogP contribution is -3.00. The maximum absolute atomic E-state index is 13.2. The number of carbonyl (C=O) groups excluding carboxylic acids is 2. The Morgan fingerprint density at radius 1 is 0.972 bits per heavy atom. The van der Waals surface area contributed by atoms with Gasteiger partial charge in [0.05, 0.1) is 29.5 Å². The maximum Gasteiger partial charge on any atom is 0.305 e. The summed E-state index contributed by atoms with van der Waals surface area (Å²) in [6.07, 6.45) is 3.62. The highest BCUT2D eigenvalue weighted by molar-refractivity contribution is 6.43. The van der Waals surface area contributed by atoms with E-state index in [0.29, 0.717) is 28.3 Å². The molecule has 0 fully saturated rings.